The molecule has 2 N–H and O–H groups in total. The number of benzene rings is 1. The summed E-state index contributed by atoms with van der Waals surface area (Å²) in [5, 5.41) is 6.25. The number of carbonyl (C=O) groups is 1. The fraction of sp³-hybridized carbons (Fsp3) is 0.467. The van der Waals surface area contributed by atoms with Crippen LogP contribution in [0.1, 0.15) is 12.5 Å². The molecule has 22 heavy (non-hydrogen) atoms. The Kier molecular flexibility index (Phi) is 6.39. The van der Waals surface area contributed by atoms with E-state index in [0.29, 0.717) is 24.1 Å². The number of rotatable bonds is 6. The summed E-state index contributed by atoms with van der Waals surface area (Å²) >= 11 is 1.56. The monoisotopic (exact) mass is 323 g/mol. The molecule has 2 amide bonds. The summed E-state index contributed by atoms with van der Waals surface area (Å²) in [6.07, 6.45) is 0.718. The van der Waals surface area contributed by atoms with Crippen LogP contribution in [-0.4, -0.2) is 43.8 Å². The van der Waals surface area contributed by atoms with Crippen molar-refractivity contribution in [2.75, 3.05) is 32.6 Å². The Morgan fingerprint density at radius 3 is 2.95 bits per heavy atom. The van der Waals surface area contributed by atoms with Gasteiger partial charge >= 0.3 is 6.03 Å². The third-order valence-electron chi connectivity index (χ3n) is 3.03. The molecule has 1 aliphatic heterocycles. The fourth-order valence-corrected chi connectivity index (χ4v) is 2.74. The molecule has 1 aromatic rings. The first-order chi connectivity index (χ1) is 10.7. The van der Waals surface area contributed by atoms with Gasteiger partial charge in [-0.05, 0) is 31.0 Å². The van der Waals surface area contributed by atoms with Crippen molar-refractivity contribution in [1.82, 2.24) is 10.6 Å². The molecule has 6 nitrogen and oxygen atoms in total. The van der Waals surface area contributed by atoms with Crippen LogP contribution in [0.2, 0.25) is 0 Å². The number of methoxy groups -OCH3 is 1. The second-order valence-corrected chi connectivity index (χ2v) is 5.67. The Labute approximate surface area is 134 Å². The molecule has 0 spiro atoms. The van der Waals surface area contributed by atoms with Gasteiger partial charge in [-0.3, -0.25) is 10.3 Å². The van der Waals surface area contributed by atoms with E-state index in [-0.39, 0.29) is 6.03 Å². The quantitative estimate of drug-likeness (QED) is 0.840. The summed E-state index contributed by atoms with van der Waals surface area (Å²) in [6, 6.07) is 5.58. The molecular weight excluding hydrogens is 302 g/mol. The highest BCUT2D eigenvalue weighted by Gasteiger charge is 2.10. The van der Waals surface area contributed by atoms with Crippen LogP contribution in [0.5, 0.6) is 11.5 Å². The Hall–Kier alpha value is -1.89. The SMILES string of the molecule is CCOc1ccc(CCNC(=O)NC2=NCCS2)cc1OC. The minimum atomic E-state index is -0.217. The van der Waals surface area contributed by atoms with E-state index in [1.807, 2.05) is 25.1 Å². The van der Waals surface area contributed by atoms with Crippen LogP contribution in [-0.2, 0) is 6.42 Å². The smallest absolute Gasteiger partial charge is 0.320 e. The van der Waals surface area contributed by atoms with E-state index in [1.165, 1.54) is 0 Å². The second kappa shape index (κ2) is 8.53. The Bertz CT molecular complexity index is 549. The predicted molar refractivity (Wildman–Crippen MR) is 89.2 cm³/mol. The van der Waals surface area contributed by atoms with Gasteiger partial charge in [0.05, 0.1) is 20.3 Å². The summed E-state index contributed by atoms with van der Waals surface area (Å²) in [7, 11) is 1.62. The predicted octanol–water partition coefficient (Wildman–Crippen LogP) is 2.04. The number of carbonyl (C=O) groups excluding carboxylic acids is 1. The number of amides is 2. The van der Waals surface area contributed by atoms with Crippen LogP contribution >= 0.6 is 11.8 Å². The number of urea groups is 1. The zero-order chi connectivity index (χ0) is 15.8. The van der Waals surface area contributed by atoms with Crippen LogP contribution < -0.4 is 20.1 Å². The number of hydrogen-bond acceptors (Lipinski definition) is 5. The van der Waals surface area contributed by atoms with Crippen molar-refractivity contribution in [3.63, 3.8) is 0 Å². The van der Waals surface area contributed by atoms with Gasteiger partial charge < -0.3 is 14.8 Å². The normalized spacial score (nSPS) is 13.5. The molecule has 0 bridgehead atoms. The maximum absolute atomic E-state index is 11.7. The Morgan fingerprint density at radius 1 is 1.41 bits per heavy atom. The van der Waals surface area contributed by atoms with Crippen molar-refractivity contribution in [3.8, 4) is 11.5 Å². The number of aliphatic imine (C=N–C) groups is 1. The number of ether oxygens (including phenoxy) is 2. The first kappa shape index (κ1) is 16.5. The molecule has 2 rings (SSSR count). The van der Waals surface area contributed by atoms with E-state index >= 15 is 0 Å². The van der Waals surface area contributed by atoms with Gasteiger partial charge in [0, 0.05) is 12.3 Å². The fourth-order valence-electron chi connectivity index (χ4n) is 2.01. The number of nitrogens with zero attached hydrogens (tertiary/aromatic N) is 1. The topological polar surface area (TPSA) is 72.0 Å². The van der Waals surface area contributed by atoms with E-state index in [9.17, 15) is 4.79 Å². The molecule has 120 valence electrons. The Balaban J connectivity index is 1.79. The minimum absolute atomic E-state index is 0.217. The van der Waals surface area contributed by atoms with Crippen molar-refractivity contribution >= 4 is 23.0 Å². The van der Waals surface area contributed by atoms with Crippen LogP contribution in [0.15, 0.2) is 23.2 Å². The van der Waals surface area contributed by atoms with Gasteiger partial charge in [-0.1, -0.05) is 17.8 Å². The number of amidine groups is 1. The molecular formula is C15H21N3O3S. The van der Waals surface area contributed by atoms with Crippen molar-refractivity contribution in [2.24, 2.45) is 4.99 Å². The molecule has 0 aliphatic carbocycles. The minimum Gasteiger partial charge on any atom is -0.493 e. The van der Waals surface area contributed by atoms with E-state index in [1.54, 1.807) is 18.9 Å². The van der Waals surface area contributed by atoms with Crippen molar-refractivity contribution in [1.29, 1.82) is 0 Å². The molecule has 1 aliphatic rings. The maximum Gasteiger partial charge on any atom is 0.320 e. The molecule has 0 fully saturated rings. The Morgan fingerprint density at radius 2 is 2.27 bits per heavy atom. The van der Waals surface area contributed by atoms with Gasteiger partial charge in [0.1, 0.15) is 0 Å². The van der Waals surface area contributed by atoms with Gasteiger partial charge in [0.15, 0.2) is 16.7 Å². The highest BCUT2D eigenvalue weighted by atomic mass is 32.2. The standard InChI is InChI=1S/C15H21N3O3S/c1-3-21-12-5-4-11(10-13(12)20-2)6-7-16-14(19)18-15-17-8-9-22-15/h4-5,10H,3,6-9H2,1-2H3,(H2,16,17,18,19). The summed E-state index contributed by atoms with van der Waals surface area (Å²) in [6.45, 7) is 3.84. The van der Waals surface area contributed by atoms with Gasteiger partial charge in [-0.25, -0.2) is 4.79 Å². The van der Waals surface area contributed by atoms with Crippen LogP contribution in [0.4, 0.5) is 4.79 Å². The first-order valence-corrected chi connectivity index (χ1v) is 8.23. The lowest BCUT2D eigenvalue weighted by Gasteiger charge is -2.11. The lowest BCUT2D eigenvalue weighted by molar-refractivity contribution is 0.245. The van der Waals surface area contributed by atoms with Gasteiger partial charge in [-0.2, -0.15) is 0 Å². The summed E-state index contributed by atoms with van der Waals surface area (Å²) in [4.78, 5) is 15.9. The van der Waals surface area contributed by atoms with Crippen molar-refractivity contribution < 1.29 is 14.3 Å². The van der Waals surface area contributed by atoms with Crippen LogP contribution in [0.3, 0.4) is 0 Å². The zero-order valence-corrected chi connectivity index (χ0v) is 13.7. The summed E-state index contributed by atoms with van der Waals surface area (Å²) < 4.78 is 10.8. The lowest BCUT2D eigenvalue weighted by Crippen LogP contribution is -2.38. The van der Waals surface area contributed by atoms with Gasteiger partial charge in [-0.15, -0.1) is 0 Å². The summed E-state index contributed by atoms with van der Waals surface area (Å²) in [5.41, 5.74) is 1.08. The third-order valence-corrected chi connectivity index (χ3v) is 3.92. The molecule has 7 heteroatoms. The summed E-state index contributed by atoms with van der Waals surface area (Å²) in [5.74, 6) is 2.37. The largest absolute Gasteiger partial charge is 0.493 e. The van der Waals surface area contributed by atoms with Crippen LogP contribution in [0, 0.1) is 0 Å². The highest BCUT2D eigenvalue weighted by Crippen LogP contribution is 2.28. The average molecular weight is 323 g/mol. The first-order valence-electron chi connectivity index (χ1n) is 7.24. The van der Waals surface area contributed by atoms with E-state index in [2.05, 4.69) is 15.6 Å². The average Bonchev–Trinajstić information content (AvgIpc) is 3.01. The molecule has 0 saturated carbocycles. The molecule has 0 atom stereocenters. The van der Waals surface area contributed by atoms with Crippen molar-refractivity contribution in [3.05, 3.63) is 23.8 Å². The van der Waals surface area contributed by atoms with Crippen molar-refractivity contribution in [2.45, 2.75) is 13.3 Å². The number of hydrogen-bond donors (Lipinski definition) is 2. The zero-order valence-electron chi connectivity index (χ0n) is 12.8. The molecule has 0 aromatic heterocycles. The van der Waals surface area contributed by atoms with Crippen LogP contribution in [0.25, 0.3) is 0 Å². The maximum atomic E-state index is 11.7. The van der Waals surface area contributed by atoms with Gasteiger partial charge in [0.2, 0.25) is 0 Å². The van der Waals surface area contributed by atoms with E-state index in [0.717, 1.165) is 30.0 Å². The number of nitrogens with one attached hydrogen (secondary N) is 2. The van der Waals surface area contributed by atoms with Gasteiger partial charge in [0.25, 0.3) is 0 Å². The molecule has 1 aromatic carbocycles. The molecule has 0 saturated heterocycles. The lowest BCUT2D eigenvalue weighted by atomic mass is 10.1. The number of thioether (sulfide) groups is 1. The molecule has 0 unspecified atom stereocenters. The molecule has 1 heterocycles. The second-order valence-electron chi connectivity index (χ2n) is 4.58. The highest BCUT2D eigenvalue weighted by molar-refractivity contribution is 8.14. The van der Waals surface area contributed by atoms with E-state index < -0.39 is 0 Å². The van der Waals surface area contributed by atoms with E-state index in [4.69, 9.17) is 9.47 Å². The third kappa shape index (κ3) is 4.84. The molecule has 0 radical (unpaired) electrons.